The van der Waals surface area contributed by atoms with Gasteiger partial charge in [0, 0.05) is 19.6 Å². The zero-order chi connectivity index (χ0) is 16.4. The fourth-order valence-electron chi connectivity index (χ4n) is 3.68. The van der Waals surface area contributed by atoms with Gasteiger partial charge in [0.15, 0.2) is 0 Å². The molecule has 0 aliphatic carbocycles. The Morgan fingerprint density at radius 2 is 2.09 bits per heavy atom. The van der Waals surface area contributed by atoms with Gasteiger partial charge in [-0.05, 0) is 24.3 Å². The first-order chi connectivity index (χ1) is 11.0. The predicted octanol–water partition coefficient (Wildman–Crippen LogP) is 2.79. The molecule has 2 fully saturated rings. The van der Waals surface area contributed by atoms with E-state index in [2.05, 4.69) is 6.92 Å². The Kier molecular flexibility index (Phi) is 4.15. The standard InChI is InChI=1S/C17H22N2O4/c1-13-10-19(16(22)23-11-14-6-3-2-4-7-14)17(13)8-5-9-18(12-17)15(20)21/h2-4,6-7,13H,5,8-12H2,1H3,(H,20,21). The average molecular weight is 318 g/mol. The molecule has 23 heavy (non-hydrogen) atoms. The number of amides is 2. The van der Waals surface area contributed by atoms with E-state index in [0.29, 0.717) is 19.6 Å². The predicted molar refractivity (Wildman–Crippen MR) is 84.1 cm³/mol. The van der Waals surface area contributed by atoms with Crippen molar-refractivity contribution in [1.82, 2.24) is 9.80 Å². The van der Waals surface area contributed by atoms with Crippen LogP contribution in [0.1, 0.15) is 25.3 Å². The highest BCUT2D eigenvalue weighted by atomic mass is 16.6. The number of piperidine rings is 1. The van der Waals surface area contributed by atoms with Crippen molar-refractivity contribution in [3.8, 4) is 0 Å². The Hall–Kier alpha value is -2.24. The third kappa shape index (κ3) is 2.85. The molecule has 2 saturated heterocycles. The van der Waals surface area contributed by atoms with Crippen molar-refractivity contribution in [2.75, 3.05) is 19.6 Å². The van der Waals surface area contributed by atoms with Crippen LogP contribution in [0.15, 0.2) is 30.3 Å². The van der Waals surface area contributed by atoms with E-state index in [9.17, 15) is 14.7 Å². The minimum Gasteiger partial charge on any atom is -0.465 e. The third-order valence-electron chi connectivity index (χ3n) is 5.11. The SMILES string of the molecule is CC1CN(C(=O)OCc2ccccc2)C12CCCN(C(=O)O)C2. The van der Waals surface area contributed by atoms with Crippen LogP contribution in [0.5, 0.6) is 0 Å². The molecule has 1 aromatic rings. The van der Waals surface area contributed by atoms with Gasteiger partial charge in [-0.15, -0.1) is 0 Å². The molecule has 0 bridgehead atoms. The largest absolute Gasteiger partial charge is 0.465 e. The summed E-state index contributed by atoms with van der Waals surface area (Å²) in [5.74, 6) is 0.286. The molecule has 2 aliphatic rings. The highest BCUT2D eigenvalue weighted by Crippen LogP contribution is 2.43. The summed E-state index contributed by atoms with van der Waals surface area (Å²) in [5.41, 5.74) is 0.545. The van der Waals surface area contributed by atoms with Crippen LogP contribution in [0.4, 0.5) is 9.59 Å². The summed E-state index contributed by atoms with van der Waals surface area (Å²) in [7, 11) is 0. The number of carboxylic acid groups (broad SMARTS) is 1. The van der Waals surface area contributed by atoms with Crippen LogP contribution < -0.4 is 0 Å². The molecule has 6 heteroatoms. The molecule has 124 valence electrons. The van der Waals surface area contributed by atoms with Crippen LogP contribution in [0.25, 0.3) is 0 Å². The minimum atomic E-state index is -0.916. The lowest BCUT2D eigenvalue weighted by molar-refractivity contribution is -0.0960. The van der Waals surface area contributed by atoms with Crippen LogP contribution >= 0.6 is 0 Å². The molecule has 1 N–H and O–H groups in total. The first kappa shape index (κ1) is 15.6. The van der Waals surface area contributed by atoms with E-state index in [4.69, 9.17) is 4.74 Å². The van der Waals surface area contributed by atoms with Gasteiger partial charge < -0.3 is 19.6 Å². The zero-order valence-corrected chi connectivity index (χ0v) is 13.3. The van der Waals surface area contributed by atoms with E-state index in [-0.39, 0.29) is 18.6 Å². The molecule has 1 spiro atoms. The summed E-state index contributed by atoms with van der Waals surface area (Å²) in [4.78, 5) is 26.8. The lowest BCUT2D eigenvalue weighted by Crippen LogP contribution is -2.73. The molecule has 1 aromatic carbocycles. The number of hydrogen-bond acceptors (Lipinski definition) is 3. The zero-order valence-electron chi connectivity index (χ0n) is 13.3. The van der Waals surface area contributed by atoms with Crippen molar-refractivity contribution in [2.24, 2.45) is 5.92 Å². The van der Waals surface area contributed by atoms with Gasteiger partial charge in [0.1, 0.15) is 6.61 Å². The average Bonchev–Trinajstić information content (AvgIpc) is 2.58. The van der Waals surface area contributed by atoms with Gasteiger partial charge in [-0.2, -0.15) is 0 Å². The van der Waals surface area contributed by atoms with Crippen molar-refractivity contribution >= 4 is 12.2 Å². The van der Waals surface area contributed by atoms with Gasteiger partial charge in [-0.3, -0.25) is 0 Å². The van der Waals surface area contributed by atoms with Crippen LogP contribution in [-0.2, 0) is 11.3 Å². The second-order valence-corrected chi connectivity index (χ2v) is 6.46. The number of likely N-dealkylation sites (tertiary alicyclic amines) is 2. The van der Waals surface area contributed by atoms with Crippen molar-refractivity contribution < 1.29 is 19.4 Å². The fraction of sp³-hybridized carbons (Fsp3) is 0.529. The monoisotopic (exact) mass is 318 g/mol. The molecule has 2 aliphatic heterocycles. The summed E-state index contributed by atoms with van der Waals surface area (Å²) in [6.07, 6.45) is 0.345. The molecule has 6 nitrogen and oxygen atoms in total. The Bertz CT molecular complexity index is 592. The smallest absolute Gasteiger partial charge is 0.410 e. The number of carbonyl (C=O) groups excluding carboxylic acids is 1. The molecule has 0 saturated carbocycles. The molecular weight excluding hydrogens is 296 g/mol. The maximum atomic E-state index is 12.4. The van der Waals surface area contributed by atoms with Crippen molar-refractivity contribution in [2.45, 2.75) is 31.9 Å². The molecule has 2 atom stereocenters. The van der Waals surface area contributed by atoms with Crippen LogP contribution in [-0.4, -0.2) is 52.3 Å². The van der Waals surface area contributed by atoms with E-state index >= 15 is 0 Å². The van der Waals surface area contributed by atoms with E-state index < -0.39 is 11.6 Å². The van der Waals surface area contributed by atoms with E-state index in [1.165, 1.54) is 4.90 Å². The molecule has 3 rings (SSSR count). The van der Waals surface area contributed by atoms with Crippen molar-refractivity contribution in [1.29, 1.82) is 0 Å². The molecule has 0 aromatic heterocycles. The van der Waals surface area contributed by atoms with Crippen molar-refractivity contribution in [3.63, 3.8) is 0 Å². The van der Waals surface area contributed by atoms with Gasteiger partial charge in [0.2, 0.25) is 0 Å². The number of nitrogens with zero attached hydrogens (tertiary/aromatic N) is 2. The quantitative estimate of drug-likeness (QED) is 0.910. The van der Waals surface area contributed by atoms with Gasteiger partial charge in [-0.1, -0.05) is 37.3 Å². The van der Waals surface area contributed by atoms with Gasteiger partial charge in [0.25, 0.3) is 0 Å². The second kappa shape index (κ2) is 6.10. The van der Waals surface area contributed by atoms with Crippen LogP contribution in [0.3, 0.4) is 0 Å². The summed E-state index contributed by atoms with van der Waals surface area (Å²) >= 11 is 0. The van der Waals surface area contributed by atoms with Gasteiger partial charge in [-0.25, -0.2) is 9.59 Å². The molecule has 2 amide bonds. The first-order valence-electron chi connectivity index (χ1n) is 7.99. The second-order valence-electron chi connectivity index (χ2n) is 6.46. The number of rotatable bonds is 2. The Labute approximate surface area is 135 Å². The van der Waals surface area contributed by atoms with Gasteiger partial charge >= 0.3 is 12.2 Å². The summed E-state index contributed by atoms with van der Waals surface area (Å²) in [6, 6.07) is 9.55. The summed E-state index contributed by atoms with van der Waals surface area (Å²) < 4.78 is 5.42. The van der Waals surface area contributed by atoms with Crippen LogP contribution in [0, 0.1) is 5.92 Å². The molecule has 2 unspecified atom stereocenters. The lowest BCUT2D eigenvalue weighted by Gasteiger charge is -2.60. The molecule has 2 heterocycles. The first-order valence-corrected chi connectivity index (χ1v) is 7.99. The highest BCUT2D eigenvalue weighted by molar-refractivity contribution is 5.71. The summed E-state index contributed by atoms with van der Waals surface area (Å²) in [5, 5.41) is 9.24. The molecular formula is C17H22N2O4. The normalized spacial score (nSPS) is 26.7. The highest BCUT2D eigenvalue weighted by Gasteiger charge is 2.56. The van der Waals surface area contributed by atoms with E-state index in [1.807, 2.05) is 30.3 Å². The maximum Gasteiger partial charge on any atom is 0.410 e. The van der Waals surface area contributed by atoms with Crippen LogP contribution in [0.2, 0.25) is 0 Å². The number of hydrogen-bond donors (Lipinski definition) is 1. The van der Waals surface area contributed by atoms with E-state index in [1.54, 1.807) is 4.90 Å². The lowest BCUT2D eigenvalue weighted by atomic mass is 9.70. The third-order valence-corrected chi connectivity index (χ3v) is 5.11. The Morgan fingerprint density at radius 3 is 2.74 bits per heavy atom. The molecule has 0 radical (unpaired) electrons. The topological polar surface area (TPSA) is 70.1 Å². The van der Waals surface area contributed by atoms with Crippen molar-refractivity contribution in [3.05, 3.63) is 35.9 Å². The number of benzene rings is 1. The van der Waals surface area contributed by atoms with Gasteiger partial charge in [0.05, 0.1) is 5.54 Å². The Balaban J connectivity index is 1.65. The Morgan fingerprint density at radius 1 is 1.35 bits per heavy atom. The maximum absolute atomic E-state index is 12.4. The fourth-order valence-corrected chi connectivity index (χ4v) is 3.68. The number of ether oxygens (including phenoxy) is 1. The summed E-state index contributed by atoms with van der Waals surface area (Å²) in [6.45, 7) is 3.86. The minimum absolute atomic E-state index is 0.239. The number of carbonyl (C=O) groups is 2. The van der Waals surface area contributed by atoms with E-state index in [0.717, 1.165) is 18.4 Å².